The van der Waals surface area contributed by atoms with Crippen molar-refractivity contribution in [3.63, 3.8) is 0 Å². The number of rotatable bonds is 5. The second-order valence-corrected chi connectivity index (χ2v) is 6.38. The van der Waals surface area contributed by atoms with E-state index in [1.54, 1.807) is 13.1 Å². The Kier molecular flexibility index (Phi) is 4.01. The zero-order valence-corrected chi connectivity index (χ0v) is 14.5. The van der Waals surface area contributed by atoms with Crippen molar-refractivity contribution in [1.29, 1.82) is 5.26 Å². The maximum Gasteiger partial charge on any atom is 0.419 e. The van der Waals surface area contributed by atoms with Crippen LogP contribution in [0.4, 0.5) is 0 Å². The highest BCUT2D eigenvalue weighted by Gasteiger charge is 2.11. The first kappa shape index (κ1) is 16.7. The fraction of sp³-hybridized carbons (Fsp3) is 0.150. The lowest BCUT2D eigenvalue weighted by Crippen LogP contribution is -2.28. The molecule has 2 N–H and O–H groups in total. The number of carbonyl (C=O) groups is 1. The van der Waals surface area contributed by atoms with Crippen LogP contribution in [-0.2, 0) is 18.3 Å². The number of hydrogen-bond acceptors (Lipinski definition) is 4. The lowest BCUT2D eigenvalue weighted by Gasteiger charge is -2.04. The van der Waals surface area contributed by atoms with E-state index in [0.717, 1.165) is 33.2 Å². The van der Waals surface area contributed by atoms with Gasteiger partial charge in [0, 0.05) is 30.1 Å². The molecule has 0 bridgehead atoms. The number of aromatic amines is 1. The first-order valence-electron chi connectivity index (χ1n) is 8.40. The lowest BCUT2D eigenvalue weighted by atomic mass is 10.0. The molecule has 0 saturated heterocycles. The van der Waals surface area contributed by atoms with E-state index < -0.39 is 6.04 Å². The number of amides is 1. The van der Waals surface area contributed by atoms with Crippen LogP contribution < -0.4 is 11.1 Å². The van der Waals surface area contributed by atoms with Crippen molar-refractivity contribution >= 4 is 28.4 Å². The van der Waals surface area contributed by atoms with Crippen LogP contribution in [0, 0.1) is 11.3 Å². The summed E-state index contributed by atoms with van der Waals surface area (Å²) in [6, 6.07) is 15.1. The average Bonchev–Trinajstić information content (AvgIpc) is 3.20. The number of oxazole rings is 1. The number of aryl methyl sites for hydroxylation is 1. The third-order valence-electron chi connectivity index (χ3n) is 4.65. The second-order valence-electron chi connectivity index (χ2n) is 6.38. The minimum absolute atomic E-state index is 0.385. The summed E-state index contributed by atoms with van der Waals surface area (Å²) in [7, 11) is 1.68. The van der Waals surface area contributed by atoms with Gasteiger partial charge in [-0.15, -0.1) is 0 Å². The molecule has 1 atom stereocenters. The smallest absolute Gasteiger partial charge is 0.408 e. The number of nitriles is 1. The first-order valence-corrected chi connectivity index (χ1v) is 8.40. The Morgan fingerprint density at radius 2 is 2.04 bits per heavy atom. The van der Waals surface area contributed by atoms with Gasteiger partial charge in [-0.2, -0.15) is 5.26 Å². The Hall–Kier alpha value is -3.79. The van der Waals surface area contributed by atoms with Crippen molar-refractivity contribution in [2.45, 2.75) is 12.5 Å². The molecule has 134 valence electrons. The number of H-pyrrole nitrogens is 1. The van der Waals surface area contributed by atoms with Gasteiger partial charge in [0.05, 0.1) is 11.6 Å². The van der Waals surface area contributed by atoms with E-state index in [-0.39, 0.29) is 5.76 Å². The van der Waals surface area contributed by atoms with Gasteiger partial charge in [0.15, 0.2) is 5.58 Å². The fourth-order valence-corrected chi connectivity index (χ4v) is 3.23. The molecule has 2 heterocycles. The van der Waals surface area contributed by atoms with E-state index in [1.807, 2.05) is 36.4 Å². The minimum atomic E-state index is -0.570. The van der Waals surface area contributed by atoms with Crippen LogP contribution >= 0.6 is 0 Å². The van der Waals surface area contributed by atoms with Gasteiger partial charge in [-0.25, -0.2) is 4.79 Å². The van der Waals surface area contributed by atoms with Crippen LogP contribution in [0.15, 0.2) is 51.7 Å². The average molecular weight is 360 g/mol. The fourth-order valence-electron chi connectivity index (χ4n) is 3.23. The molecule has 1 amide bonds. The summed E-state index contributed by atoms with van der Waals surface area (Å²) in [5.74, 6) is -0.385. The van der Waals surface area contributed by atoms with Crippen molar-refractivity contribution in [1.82, 2.24) is 14.9 Å². The van der Waals surface area contributed by atoms with Crippen molar-refractivity contribution in [3.8, 4) is 17.2 Å². The summed E-state index contributed by atoms with van der Waals surface area (Å²) < 4.78 is 6.66. The van der Waals surface area contributed by atoms with E-state index in [4.69, 9.17) is 9.68 Å². The molecule has 2 aromatic carbocycles. The molecule has 1 unspecified atom stereocenters. The summed E-state index contributed by atoms with van der Waals surface area (Å²) >= 11 is 0. The second kappa shape index (κ2) is 6.50. The molecule has 0 aliphatic heterocycles. The van der Waals surface area contributed by atoms with Crippen molar-refractivity contribution in [2.24, 2.45) is 7.05 Å². The molecule has 7 nitrogen and oxygen atoms in total. The standard InChI is InChI=1S/C20H16N4O3/c1-24-18-8-13(3-5-19(18)27-20(24)26)12-2-4-17-14(6-12)7-15(23-17)9-16(10-21)22-11-25/h2-8,11,16,23H,9H2,1H3,(H,22,25). The molecular weight excluding hydrogens is 344 g/mol. The van der Waals surface area contributed by atoms with E-state index in [0.29, 0.717) is 18.4 Å². The summed E-state index contributed by atoms with van der Waals surface area (Å²) in [6.45, 7) is 0. The third-order valence-corrected chi connectivity index (χ3v) is 4.65. The van der Waals surface area contributed by atoms with Crippen molar-refractivity contribution in [2.75, 3.05) is 0 Å². The molecule has 0 aliphatic carbocycles. The van der Waals surface area contributed by atoms with Crippen LogP contribution in [0.3, 0.4) is 0 Å². The van der Waals surface area contributed by atoms with Gasteiger partial charge in [-0.05, 0) is 41.5 Å². The van der Waals surface area contributed by atoms with Gasteiger partial charge >= 0.3 is 5.76 Å². The third kappa shape index (κ3) is 2.98. The summed E-state index contributed by atoms with van der Waals surface area (Å²) in [6.07, 6.45) is 0.941. The SMILES string of the molecule is Cn1c(=O)oc2ccc(-c3ccc4[nH]c(CC(C#N)NC=O)cc4c3)cc21. The first-order chi connectivity index (χ1) is 13.1. The Balaban J connectivity index is 1.71. The molecule has 0 aliphatic rings. The van der Waals surface area contributed by atoms with Crippen LogP contribution in [0.25, 0.3) is 33.1 Å². The normalized spacial score (nSPS) is 12.1. The molecular formula is C20H16N4O3. The molecule has 4 aromatic rings. The van der Waals surface area contributed by atoms with Crippen LogP contribution in [-0.4, -0.2) is 22.0 Å². The molecule has 0 fully saturated rings. The maximum absolute atomic E-state index is 11.7. The molecule has 0 saturated carbocycles. The molecule has 27 heavy (non-hydrogen) atoms. The summed E-state index contributed by atoms with van der Waals surface area (Å²) in [5.41, 5.74) is 5.10. The zero-order valence-electron chi connectivity index (χ0n) is 14.5. The number of nitrogens with one attached hydrogen (secondary N) is 2. The number of aromatic nitrogens is 2. The quantitative estimate of drug-likeness (QED) is 0.534. The van der Waals surface area contributed by atoms with Crippen LogP contribution in [0.1, 0.15) is 5.69 Å². The summed E-state index contributed by atoms with van der Waals surface area (Å²) in [5, 5.41) is 12.6. The Bertz CT molecular complexity index is 1260. The van der Waals surface area contributed by atoms with Crippen LogP contribution in [0.5, 0.6) is 0 Å². The van der Waals surface area contributed by atoms with E-state index in [2.05, 4.69) is 16.4 Å². The van der Waals surface area contributed by atoms with Crippen molar-refractivity contribution < 1.29 is 9.21 Å². The van der Waals surface area contributed by atoms with Gasteiger partial charge in [-0.3, -0.25) is 9.36 Å². The Morgan fingerprint density at radius 1 is 1.26 bits per heavy atom. The number of benzene rings is 2. The van der Waals surface area contributed by atoms with E-state index in [9.17, 15) is 9.59 Å². The highest BCUT2D eigenvalue weighted by molar-refractivity contribution is 5.88. The monoisotopic (exact) mass is 360 g/mol. The number of hydrogen-bond donors (Lipinski definition) is 2. The predicted octanol–water partition coefficient (Wildman–Crippen LogP) is 2.46. The largest absolute Gasteiger partial charge is 0.419 e. The van der Waals surface area contributed by atoms with Gasteiger partial charge < -0.3 is 14.7 Å². The molecule has 4 rings (SSSR count). The Labute approximate surface area is 153 Å². The van der Waals surface area contributed by atoms with Gasteiger partial charge in [0.1, 0.15) is 6.04 Å². The molecule has 0 spiro atoms. The molecule has 0 radical (unpaired) electrons. The van der Waals surface area contributed by atoms with Gasteiger partial charge in [0.2, 0.25) is 6.41 Å². The predicted molar refractivity (Wildman–Crippen MR) is 101 cm³/mol. The van der Waals surface area contributed by atoms with E-state index in [1.165, 1.54) is 4.57 Å². The highest BCUT2D eigenvalue weighted by Crippen LogP contribution is 2.27. The highest BCUT2D eigenvalue weighted by atomic mass is 16.4. The molecule has 7 heteroatoms. The van der Waals surface area contributed by atoms with Crippen molar-refractivity contribution in [3.05, 3.63) is 58.7 Å². The Morgan fingerprint density at radius 3 is 2.81 bits per heavy atom. The van der Waals surface area contributed by atoms with E-state index >= 15 is 0 Å². The number of nitrogens with zero attached hydrogens (tertiary/aromatic N) is 2. The van der Waals surface area contributed by atoms with Crippen LogP contribution in [0.2, 0.25) is 0 Å². The summed E-state index contributed by atoms with van der Waals surface area (Å²) in [4.78, 5) is 25.5. The zero-order chi connectivity index (χ0) is 19.0. The number of carbonyl (C=O) groups excluding carboxylic acids is 1. The maximum atomic E-state index is 11.7. The molecule has 2 aromatic heterocycles. The van der Waals surface area contributed by atoms with Gasteiger partial charge in [-0.1, -0.05) is 12.1 Å². The lowest BCUT2D eigenvalue weighted by molar-refractivity contribution is -0.109. The minimum Gasteiger partial charge on any atom is -0.408 e. The van der Waals surface area contributed by atoms with Gasteiger partial charge in [0.25, 0.3) is 0 Å². The topological polar surface area (TPSA) is 104 Å². The number of fused-ring (bicyclic) bond motifs is 2.